The molecule has 0 bridgehead atoms. The van der Waals surface area contributed by atoms with Crippen molar-refractivity contribution >= 4 is 10.1 Å². The molecule has 0 N–H and O–H groups in total. The summed E-state index contributed by atoms with van der Waals surface area (Å²) < 4.78 is 31.8. The standard InChI is InChI=1S/C34H52O3S/c1-23(2)8-7-9-25(4)30-16-17-31-29-15-12-26-22-27(37-38(35,36)28-13-10-24(3)11-14-28)18-20-33(26,5)32(29)19-21-34(30,31)6/h10-14,23,25,27,29-32H,7-9,15-22H2,1-6H3/t25?,27-,29?,30+,31?,32?,33-,34+/m0/s1. The first-order chi connectivity index (χ1) is 17.9. The van der Waals surface area contributed by atoms with Crippen molar-refractivity contribution in [3.8, 4) is 0 Å². The maximum absolute atomic E-state index is 13.0. The summed E-state index contributed by atoms with van der Waals surface area (Å²) in [5.74, 6) is 4.93. The molecule has 1 aromatic rings. The summed E-state index contributed by atoms with van der Waals surface area (Å²) >= 11 is 0. The van der Waals surface area contributed by atoms with Gasteiger partial charge in [-0.25, -0.2) is 0 Å². The molecule has 1 aromatic carbocycles. The van der Waals surface area contributed by atoms with Gasteiger partial charge in [0.1, 0.15) is 0 Å². The maximum Gasteiger partial charge on any atom is 0.297 e. The van der Waals surface area contributed by atoms with Gasteiger partial charge in [0.15, 0.2) is 0 Å². The Bertz CT molecular complexity index is 1120. The van der Waals surface area contributed by atoms with E-state index in [0.717, 1.165) is 60.3 Å². The van der Waals surface area contributed by atoms with Gasteiger partial charge in [0.2, 0.25) is 0 Å². The van der Waals surface area contributed by atoms with E-state index in [4.69, 9.17) is 4.18 Å². The van der Waals surface area contributed by atoms with Crippen molar-refractivity contribution in [3.63, 3.8) is 0 Å². The topological polar surface area (TPSA) is 43.4 Å². The van der Waals surface area contributed by atoms with E-state index in [1.54, 1.807) is 12.1 Å². The second-order valence-corrected chi connectivity index (χ2v) is 16.1. The molecule has 3 saturated carbocycles. The molecule has 3 fully saturated rings. The third-order valence-corrected chi connectivity index (χ3v) is 13.2. The van der Waals surface area contributed by atoms with Crippen molar-refractivity contribution in [2.75, 3.05) is 0 Å². The molecule has 4 aliphatic rings. The highest BCUT2D eigenvalue weighted by atomic mass is 32.2. The quantitative estimate of drug-likeness (QED) is 0.244. The number of rotatable bonds is 8. The molecule has 3 nitrogen and oxygen atoms in total. The Morgan fingerprint density at radius 2 is 1.68 bits per heavy atom. The summed E-state index contributed by atoms with van der Waals surface area (Å²) in [5.41, 5.74) is 3.24. The van der Waals surface area contributed by atoms with Gasteiger partial charge < -0.3 is 0 Å². The van der Waals surface area contributed by atoms with Crippen LogP contribution in [0.15, 0.2) is 40.8 Å². The number of allylic oxidation sites excluding steroid dienone is 1. The molecular weight excluding hydrogens is 488 g/mol. The Morgan fingerprint density at radius 1 is 0.947 bits per heavy atom. The Kier molecular flexibility index (Phi) is 7.99. The van der Waals surface area contributed by atoms with Crippen LogP contribution < -0.4 is 0 Å². The summed E-state index contributed by atoms with van der Waals surface area (Å²) in [4.78, 5) is 0.273. The van der Waals surface area contributed by atoms with E-state index in [2.05, 4.69) is 40.7 Å². The zero-order valence-corrected chi connectivity index (χ0v) is 25.7. The van der Waals surface area contributed by atoms with E-state index in [9.17, 15) is 8.42 Å². The van der Waals surface area contributed by atoms with E-state index in [-0.39, 0.29) is 16.4 Å². The second kappa shape index (κ2) is 10.7. The maximum atomic E-state index is 13.0. The van der Waals surface area contributed by atoms with Crippen LogP contribution in [-0.4, -0.2) is 14.5 Å². The SMILES string of the molecule is Cc1ccc(S(=O)(=O)O[C@H]2CC[C@@]3(C)C(=CCC4C3CC[C@@]3(C)C4CC[C@@H]3C(C)CCCC(C)C)C2)cc1. The van der Waals surface area contributed by atoms with E-state index >= 15 is 0 Å². The molecule has 0 heterocycles. The minimum absolute atomic E-state index is 0.207. The van der Waals surface area contributed by atoms with E-state index in [0.29, 0.717) is 5.41 Å². The smallest absolute Gasteiger partial charge is 0.263 e. The molecular formula is C34H52O3S. The van der Waals surface area contributed by atoms with Gasteiger partial charge in [0.05, 0.1) is 11.0 Å². The summed E-state index contributed by atoms with van der Waals surface area (Å²) in [6, 6.07) is 7.02. The Hall–Kier alpha value is -1.13. The summed E-state index contributed by atoms with van der Waals surface area (Å²) in [6.45, 7) is 14.4. The monoisotopic (exact) mass is 540 g/mol. The number of fused-ring (bicyclic) bond motifs is 5. The van der Waals surface area contributed by atoms with Gasteiger partial charge in [-0.1, -0.05) is 83.2 Å². The molecule has 4 unspecified atom stereocenters. The minimum Gasteiger partial charge on any atom is -0.263 e. The fourth-order valence-electron chi connectivity index (χ4n) is 9.67. The van der Waals surface area contributed by atoms with Crippen molar-refractivity contribution in [2.24, 2.45) is 46.3 Å². The largest absolute Gasteiger partial charge is 0.297 e. The summed E-state index contributed by atoms with van der Waals surface area (Å²) in [6.07, 6.45) is 15.8. The van der Waals surface area contributed by atoms with Crippen molar-refractivity contribution in [2.45, 2.75) is 123 Å². The Labute approximate surface area is 233 Å². The molecule has 4 aliphatic carbocycles. The van der Waals surface area contributed by atoms with E-state index in [1.165, 1.54) is 56.9 Å². The first-order valence-electron chi connectivity index (χ1n) is 15.6. The Balaban J connectivity index is 1.27. The lowest BCUT2D eigenvalue weighted by molar-refractivity contribution is -0.0556. The lowest BCUT2D eigenvalue weighted by Gasteiger charge is -2.58. The van der Waals surface area contributed by atoms with Crippen LogP contribution in [0.25, 0.3) is 0 Å². The minimum atomic E-state index is -3.73. The van der Waals surface area contributed by atoms with E-state index in [1.807, 2.05) is 19.1 Å². The lowest BCUT2D eigenvalue weighted by Crippen LogP contribution is -2.51. The van der Waals surface area contributed by atoms with Crippen LogP contribution in [0, 0.1) is 53.3 Å². The molecule has 0 spiro atoms. The highest BCUT2D eigenvalue weighted by Crippen LogP contribution is 2.67. The lowest BCUT2D eigenvalue weighted by atomic mass is 9.47. The summed E-state index contributed by atoms with van der Waals surface area (Å²) in [7, 11) is -3.73. The highest BCUT2D eigenvalue weighted by molar-refractivity contribution is 7.86. The van der Waals surface area contributed by atoms with Crippen LogP contribution >= 0.6 is 0 Å². The van der Waals surface area contributed by atoms with Crippen molar-refractivity contribution in [3.05, 3.63) is 41.5 Å². The van der Waals surface area contributed by atoms with Gasteiger partial charge in [0, 0.05) is 0 Å². The van der Waals surface area contributed by atoms with E-state index < -0.39 is 10.1 Å². The van der Waals surface area contributed by atoms with Crippen LogP contribution in [0.4, 0.5) is 0 Å². The highest BCUT2D eigenvalue weighted by Gasteiger charge is 2.59. The van der Waals surface area contributed by atoms with Gasteiger partial charge in [-0.05, 0) is 117 Å². The second-order valence-electron chi connectivity index (χ2n) is 14.5. The molecule has 0 aliphatic heterocycles. The molecule has 38 heavy (non-hydrogen) atoms. The zero-order chi connectivity index (χ0) is 27.3. The molecule has 5 rings (SSSR count). The molecule has 0 radical (unpaired) electrons. The third-order valence-electron chi connectivity index (χ3n) is 11.8. The molecule has 4 heteroatoms. The average Bonchev–Trinajstić information content (AvgIpc) is 3.21. The van der Waals surface area contributed by atoms with Crippen LogP contribution in [-0.2, 0) is 14.3 Å². The molecule has 8 atom stereocenters. The number of hydrogen-bond acceptors (Lipinski definition) is 3. The van der Waals surface area contributed by atoms with Crippen LogP contribution in [0.3, 0.4) is 0 Å². The normalized spacial score (nSPS) is 37.8. The van der Waals surface area contributed by atoms with Gasteiger partial charge in [-0.2, -0.15) is 8.42 Å². The fraction of sp³-hybridized carbons (Fsp3) is 0.765. The molecule has 0 saturated heterocycles. The third kappa shape index (κ3) is 5.18. The van der Waals surface area contributed by atoms with Gasteiger partial charge in [-0.15, -0.1) is 0 Å². The van der Waals surface area contributed by atoms with Gasteiger partial charge in [-0.3, -0.25) is 4.18 Å². The average molecular weight is 541 g/mol. The molecule has 212 valence electrons. The fourth-order valence-corrected chi connectivity index (χ4v) is 10.8. The number of hydrogen-bond donors (Lipinski definition) is 0. The van der Waals surface area contributed by atoms with Crippen molar-refractivity contribution in [1.29, 1.82) is 0 Å². The van der Waals surface area contributed by atoms with Crippen LogP contribution in [0.1, 0.15) is 111 Å². The molecule has 0 aromatic heterocycles. The summed E-state index contributed by atoms with van der Waals surface area (Å²) in [5, 5.41) is 0. The zero-order valence-electron chi connectivity index (χ0n) is 24.8. The van der Waals surface area contributed by atoms with Gasteiger partial charge >= 0.3 is 0 Å². The Morgan fingerprint density at radius 3 is 2.39 bits per heavy atom. The van der Waals surface area contributed by atoms with Gasteiger partial charge in [0.25, 0.3) is 10.1 Å². The van der Waals surface area contributed by atoms with Crippen molar-refractivity contribution < 1.29 is 12.6 Å². The predicted octanol–water partition coefficient (Wildman–Crippen LogP) is 9.11. The number of aryl methyl sites for hydroxylation is 1. The van der Waals surface area contributed by atoms with Crippen LogP contribution in [0.2, 0.25) is 0 Å². The first kappa shape index (κ1) is 28.4. The van der Waals surface area contributed by atoms with Crippen LogP contribution in [0.5, 0.6) is 0 Å². The molecule has 0 amide bonds. The van der Waals surface area contributed by atoms with Crippen molar-refractivity contribution in [1.82, 2.24) is 0 Å². The number of benzene rings is 1. The first-order valence-corrected chi connectivity index (χ1v) is 17.0. The predicted molar refractivity (Wildman–Crippen MR) is 156 cm³/mol.